The Morgan fingerprint density at radius 2 is 2.11 bits per heavy atom. The number of nitrogens with one attached hydrogen (secondary N) is 1. The molecule has 0 fully saturated rings. The molecule has 1 aromatic carbocycles. The minimum Gasteiger partial charge on any atom is -0.293 e. The molecule has 0 unspecified atom stereocenters. The third-order valence-corrected chi connectivity index (χ3v) is 3.76. The molecule has 5 heteroatoms. The molecule has 0 atom stereocenters. The molecule has 0 spiro atoms. The summed E-state index contributed by atoms with van der Waals surface area (Å²) in [7, 11) is 0. The highest BCUT2D eigenvalue weighted by molar-refractivity contribution is 6.32. The van der Waals surface area contributed by atoms with Crippen LogP contribution < -0.4 is 10.4 Å². The van der Waals surface area contributed by atoms with E-state index < -0.39 is 5.82 Å². The number of hydrogen-bond donors (Lipinski definition) is 1. The predicted molar refractivity (Wildman–Crippen MR) is 71.8 cm³/mol. The Labute approximate surface area is 115 Å². The van der Waals surface area contributed by atoms with E-state index in [9.17, 15) is 4.39 Å². The molecule has 0 radical (unpaired) electrons. The number of rotatable bonds is 1. The van der Waals surface area contributed by atoms with Crippen LogP contribution in [0.25, 0.3) is 0 Å². The summed E-state index contributed by atoms with van der Waals surface area (Å²) in [5.74, 6) is -0.395. The maximum absolute atomic E-state index is 13.9. The molecular formula is C13H11Cl2FN2. The highest BCUT2D eigenvalue weighted by Gasteiger charge is 2.28. The standard InChI is InChI=1S/C13H11Cl2FN2/c14-8-5-6-12(10(16)7-8)18-13(15)9-3-1-2-4-11(9)17-18/h4-7,17H,1-3H2. The van der Waals surface area contributed by atoms with E-state index >= 15 is 0 Å². The molecule has 0 bridgehead atoms. The lowest BCUT2D eigenvalue weighted by molar-refractivity contribution is 0.620. The number of nitrogens with zero attached hydrogens (tertiary/aromatic N) is 1. The molecule has 18 heavy (non-hydrogen) atoms. The minimum absolute atomic E-state index is 0.371. The lowest BCUT2D eigenvalue weighted by Crippen LogP contribution is -2.30. The van der Waals surface area contributed by atoms with Crippen molar-refractivity contribution in [3.63, 3.8) is 0 Å². The fraction of sp³-hybridized carbons (Fsp3) is 0.231. The van der Waals surface area contributed by atoms with Gasteiger partial charge in [0, 0.05) is 10.6 Å². The van der Waals surface area contributed by atoms with Crippen molar-refractivity contribution >= 4 is 28.9 Å². The topological polar surface area (TPSA) is 15.3 Å². The molecule has 1 aliphatic heterocycles. The normalized spacial score (nSPS) is 18.6. The van der Waals surface area contributed by atoms with Gasteiger partial charge in [-0.1, -0.05) is 29.3 Å². The number of benzene rings is 1. The van der Waals surface area contributed by atoms with Crippen LogP contribution in [-0.2, 0) is 0 Å². The quantitative estimate of drug-likeness (QED) is 0.773. The van der Waals surface area contributed by atoms with Crippen molar-refractivity contribution in [3.8, 4) is 0 Å². The van der Waals surface area contributed by atoms with E-state index in [1.54, 1.807) is 17.1 Å². The summed E-state index contributed by atoms with van der Waals surface area (Å²) < 4.78 is 13.9. The summed E-state index contributed by atoms with van der Waals surface area (Å²) in [4.78, 5) is 0. The lowest BCUT2D eigenvalue weighted by atomic mass is 10.0. The van der Waals surface area contributed by atoms with E-state index in [-0.39, 0.29) is 0 Å². The number of hydrazine groups is 1. The highest BCUT2D eigenvalue weighted by Crippen LogP contribution is 2.37. The summed E-state index contributed by atoms with van der Waals surface area (Å²) in [6, 6.07) is 4.54. The highest BCUT2D eigenvalue weighted by atomic mass is 35.5. The van der Waals surface area contributed by atoms with Crippen LogP contribution in [0.15, 0.2) is 40.7 Å². The van der Waals surface area contributed by atoms with Gasteiger partial charge in [-0.25, -0.2) is 9.40 Å². The zero-order valence-electron chi connectivity index (χ0n) is 9.51. The van der Waals surface area contributed by atoms with Crippen molar-refractivity contribution in [2.75, 3.05) is 5.01 Å². The fourth-order valence-corrected chi connectivity index (χ4v) is 2.73. The Morgan fingerprint density at radius 3 is 2.83 bits per heavy atom. The summed E-state index contributed by atoms with van der Waals surface area (Å²) in [5, 5.41) is 2.48. The largest absolute Gasteiger partial charge is 0.293 e. The first-order valence-corrected chi connectivity index (χ1v) is 6.53. The van der Waals surface area contributed by atoms with Gasteiger partial charge in [0.2, 0.25) is 0 Å². The summed E-state index contributed by atoms with van der Waals surface area (Å²) in [6.07, 6.45) is 5.11. The predicted octanol–water partition coefficient (Wildman–Crippen LogP) is 4.32. The molecule has 2 nitrogen and oxygen atoms in total. The minimum atomic E-state index is -0.395. The van der Waals surface area contributed by atoms with Crippen LogP contribution in [0.1, 0.15) is 19.3 Å². The number of fused-ring (bicyclic) bond motifs is 1. The second kappa shape index (κ2) is 4.48. The van der Waals surface area contributed by atoms with Crippen LogP contribution in [0.2, 0.25) is 5.02 Å². The first-order chi connectivity index (χ1) is 8.66. The molecule has 0 amide bonds. The lowest BCUT2D eigenvalue weighted by Gasteiger charge is -2.20. The van der Waals surface area contributed by atoms with Crippen LogP contribution in [0.3, 0.4) is 0 Å². The second-order valence-corrected chi connectivity index (χ2v) is 5.12. The Hall–Kier alpha value is -1.19. The molecule has 0 aromatic heterocycles. The van der Waals surface area contributed by atoms with Crippen LogP contribution in [0, 0.1) is 5.82 Å². The smallest absolute Gasteiger partial charge is 0.150 e. The van der Waals surface area contributed by atoms with Gasteiger partial charge in [-0.2, -0.15) is 0 Å². The molecule has 0 saturated carbocycles. The van der Waals surface area contributed by atoms with E-state index in [4.69, 9.17) is 23.2 Å². The molecule has 1 aliphatic carbocycles. The van der Waals surface area contributed by atoms with Crippen molar-refractivity contribution in [2.24, 2.45) is 0 Å². The molecule has 3 rings (SSSR count). The van der Waals surface area contributed by atoms with E-state index in [2.05, 4.69) is 11.5 Å². The maximum atomic E-state index is 13.9. The van der Waals surface area contributed by atoms with Gasteiger partial charge in [-0.05, 0) is 37.5 Å². The van der Waals surface area contributed by atoms with Crippen molar-refractivity contribution in [3.05, 3.63) is 51.5 Å². The Kier molecular flexibility index (Phi) is 2.96. The number of hydrogen-bond acceptors (Lipinski definition) is 2. The summed E-state index contributed by atoms with van der Waals surface area (Å²) >= 11 is 12.0. The van der Waals surface area contributed by atoms with Crippen LogP contribution in [-0.4, -0.2) is 0 Å². The molecule has 1 aromatic rings. The summed E-state index contributed by atoms with van der Waals surface area (Å²) in [6.45, 7) is 0. The van der Waals surface area contributed by atoms with E-state index in [1.807, 2.05) is 0 Å². The molecule has 1 N–H and O–H groups in total. The third kappa shape index (κ3) is 1.88. The van der Waals surface area contributed by atoms with Crippen LogP contribution in [0.4, 0.5) is 10.1 Å². The first kappa shape index (κ1) is 11.9. The molecule has 94 valence electrons. The van der Waals surface area contributed by atoms with Gasteiger partial charge in [0.15, 0.2) is 0 Å². The Balaban J connectivity index is 2.02. The van der Waals surface area contributed by atoms with Crippen LogP contribution in [0.5, 0.6) is 0 Å². The monoisotopic (exact) mass is 284 g/mol. The molecule has 2 aliphatic rings. The zero-order chi connectivity index (χ0) is 12.7. The number of halogens is 3. The number of anilines is 1. The molecular weight excluding hydrogens is 274 g/mol. The summed E-state index contributed by atoms with van der Waals surface area (Å²) in [5.41, 5.74) is 5.55. The van der Waals surface area contributed by atoms with Gasteiger partial charge in [-0.15, -0.1) is 0 Å². The van der Waals surface area contributed by atoms with Crippen molar-refractivity contribution in [1.82, 2.24) is 5.43 Å². The Bertz CT molecular complexity index is 566. The van der Waals surface area contributed by atoms with Gasteiger partial charge >= 0.3 is 0 Å². The van der Waals surface area contributed by atoms with Gasteiger partial charge in [-0.3, -0.25) is 5.43 Å². The molecule has 1 heterocycles. The molecule has 0 saturated heterocycles. The Morgan fingerprint density at radius 1 is 1.28 bits per heavy atom. The third-order valence-electron chi connectivity index (χ3n) is 3.13. The van der Waals surface area contributed by atoms with E-state index in [0.717, 1.165) is 30.5 Å². The fourth-order valence-electron chi connectivity index (χ4n) is 2.24. The van der Waals surface area contributed by atoms with Gasteiger partial charge < -0.3 is 0 Å². The maximum Gasteiger partial charge on any atom is 0.150 e. The van der Waals surface area contributed by atoms with Crippen molar-refractivity contribution < 1.29 is 4.39 Å². The van der Waals surface area contributed by atoms with Crippen molar-refractivity contribution in [1.29, 1.82) is 0 Å². The number of allylic oxidation sites excluding steroid dienone is 2. The van der Waals surface area contributed by atoms with Gasteiger partial charge in [0.25, 0.3) is 0 Å². The average Bonchev–Trinajstić information content (AvgIpc) is 2.68. The van der Waals surface area contributed by atoms with Crippen molar-refractivity contribution in [2.45, 2.75) is 19.3 Å². The van der Waals surface area contributed by atoms with E-state index in [0.29, 0.717) is 15.9 Å². The van der Waals surface area contributed by atoms with E-state index in [1.165, 1.54) is 6.07 Å². The second-order valence-electron chi connectivity index (χ2n) is 4.32. The van der Waals surface area contributed by atoms with Gasteiger partial charge in [0.05, 0.1) is 11.4 Å². The SMILES string of the molecule is Fc1cc(Cl)ccc1N1NC2=CCCCC2=C1Cl. The van der Waals surface area contributed by atoms with Gasteiger partial charge in [0.1, 0.15) is 11.0 Å². The zero-order valence-corrected chi connectivity index (χ0v) is 11.0. The van der Waals surface area contributed by atoms with Crippen LogP contribution >= 0.6 is 23.2 Å². The average molecular weight is 285 g/mol. The first-order valence-electron chi connectivity index (χ1n) is 5.78.